The van der Waals surface area contributed by atoms with Gasteiger partial charge in [-0.05, 0) is 23.7 Å². The van der Waals surface area contributed by atoms with E-state index < -0.39 is 5.95 Å². The van der Waals surface area contributed by atoms with Crippen molar-refractivity contribution < 1.29 is 9.13 Å². The van der Waals surface area contributed by atoms with Gasteiger partial charge in [0.25, 0.3) is 0 Å². The maximum Gasteiger partial charge on any atom is 0.225 e. The van der Waals surface area contributed by atoms with Crippen molar-refractivity contribution in [3.63, 3.8) is 0 Å². The number of rotatable bonds is 2. The molecule has 0 unspecified atom stereocenters. The topological polar surface area (TPSA) is 35.0 Å². The van der Waals surface area contributed by atoms with Crippen LogP contribution in [0.2, 0.25) is 0 Å². The van der Waals surface area contributed by atoms with Crippen LogP contribution in [0.1, 0.15) is 0 Å². The normalized spacial score (nSPS) is 10.1. The summed E-state index contributed by atoms with van der Waals surface area (Å²) < 4.78 is 21.7. The fourth-order valence-electron chi connectivity index (χ4n) is 1.02. The van der Waals surface area contributed by atoms with Gasteiger partial charge in [0.2, 0.25) is 11.8 Å². The summed E-state index contributed by atoms with van der Waals surface area (Å²) in [6.07, 6.45) is 0. The summed E-state index contributed by atoms with van der Waals surface area (Å²) in [5, 5.41) is 0. The van der Waals surface area contributed by atoms with Crippen LogP contribution in [0.3, 0.4) is 0 Å². The van der Waals surface area contributed by atoms with Crippen molar-refractivity contribution in [2.24, 2.45) is 0 Å². The third kappa shape index (κ3) is 1.72. The van der Waals surface area contributed by atoms with Crippen LogP contribution in [0, 0.1) is 5.95 Å². The minimum atomic E-state index is -0.491. The molecule has 0 aliphatic heterocycles. The molecule has 2 rings (SSSR count). The number of halogens is 1. The van der Waals surface area contributed by atoms with Crippen molar-refractivity contribution in [3.8, 4) is 16.5 Å². The Labute approximate surface area is 84.4 Å². The van der Waals surface area contributed by atoms with Crippen LogP contribution in [0.4, 0.5) is 4.39 Å². The van der Waals surface area contributed by atoms with E-state index in [2.05, 4.69) is 9.36 Å². The molecule has 0 radical (unpaired) electrons. The SMILES string of the molecule is COc1cc(-c2cccc(F)n2)sn1. The van der Waals surface area contributed by atoms with E-state index in [1.807, 2.05) is 0 Å². The lowest BCUT2D eigenvalue weighted by Gasteiger charge is -1.93. The lowest BCUT2D eigenvalue weighted by molar-refractivity contribution is 0.403. The zero-order chi connectivity index (χ0) is 9.97. The molecule has 2 aromatic rings. The van der Waals surface area contributed by atoms with Gasteiger partial charge in [0.15, 0.2) is 0 Å². The van der Waals surface area contributed by atoms with Crippen LogP contribution in [0.15, 0.2) is 24.3 Å². The van der Waals surface area contributed by atoms with Gasteiger partial charge in [-0.1, -0.05) is 6.07 Å². The van der Waals surface area contributed by atoms with Crippen LogP contribution in [-0.2, 0) is 0 Å². The van der Waals surface area contributed by atoms with Crippen molar-refractivity contribution in [2.75, 3.05) is 7.11 Å². The molecule has 0 amide bonds. The zero-order valence-electron chi connectivity index (χ0n) is 7.40. The summed E-state index contributed by atoms with van der Waals surface area (Å²) in [6.45, 7) is 0. The molecule has 14 heavy (non-hydrogen) atoms. The second kappa shape index (κ2) is 3.71. The maximum atomic E-state index is 12.8. The first-order chi connectivity index (χ1) is 6.79. The van der Waals surface area contributed by atoms with E-state index in [1.54, 1.807) is 18.2 Å². The molecule has 0 fully saturated rings. The summed E-state index contributed by atoms with van der Waals surface area (Å²) in [5.41, 5.74) is 0.575. The van der Waals surface area contributed by atoms with Gasteiger partial charge in [0.1, 0.15) is 0 Å². The minimum Gasteiger partial charge on any atom is -0.480 e. The average molecular weight is 210 g/mol. The van der Waals surface area contributed by atoms with Gasteiger partial charge < -0.3 is 4.74 Å². The highest BCUT2D eigenvalue weighted by Crippen LogP contribution is 2.26. The minimum absolute atomic E-state index is 0.491. The van der Waals surface area contributed by atoms with E-state index in [-0.39, 0.29) is 0 Å². The molecular weight excluding hydrogens is 203 g/mol. The average Bonchev–Trinajstić information content (AvgIpc) is 2.66. The number of aromatic nitrogens is 2. The summed E-state index contributed by atoms with van der Waals surface area (Å²) in [7, 11) is 1.54. The molecular formula is C9H7FN2OS. The number of hydrogen-bond donors (Lipinski definition) is 0. The quantitative estimate of drug-likeness (QED) is 0.714. The third-order valence-electron chi connectivity index (χ3n) is 1.67. The summed E-state index contributed by atoms with van der Waals surface area (Å²) in [4.78, 5) is 4.53. The van der Waals surface area contributed by atoms with Crippen molar-refractivity contribution in [3.05, 3.63) is 30.2 Å². The molecule has 2 aromatic heterocycles. The van der Waals surface area contributed by atoms with Crippen LogP contribution < -0.4 is 4.74 Å². The molecule has 0 saturated carbocycles. The first-order valence-electron chi connectivity index (χ1n) is 3.93. The van der Waals surface area contributed by atoms with E-state index >= 15 is 0 Å². The molecule has 72 valence electrons. The second-order valence-corrected chi connectivity index (χ2v) is 3.38. The van der Waals surface area contributed by atoms with E-state index in [9.17, 15) is 4.39 Å². The summed E-state index contributed by atoms with van der Waals surface area (Å²) >= 11 is 1.23. The van der Waals surface area contributed by atoms with E-state index in [1.165, 1.54) is 24.7 Å². The Morgan fingerprint density at radius 3 is 2.93 bits per heavy atom. The molecule has 2 heterocycles. The lowest BCUT2D eigenvalue weighted by Crippen LogP contribution is -1.84. The Balaban J connectivity index is 2.39. The highest BCUT2D eigenvalue weighted by Gasteiger charge is 2.05. The molecule has 0 spiro atoms. The second-order valence-electron chi connectivity index (χ2n) is 2.58. The van der Waals surface area contributed by atoms with Crippen LogP contribution >= 0.6 is 11.5 Å². The van der Waals surface area contributed by atoms with E-state index in [0.29, 0.717) is 11.6 Å². The van der Waals surface area contributed by atoms with Crippen LogP contribution in [0.25, 0.3) is 10.6 Å². The molecule has 0 N–H and O–H groups in total. The third-order valence-corrected chi connectivity index (χ3v) is 2.46. The van der Waals surface area contributed by atoms with Crippen LogP contribution in [-0.4, -0.2) is 16.5 Å². The Morgan fingerprint density at radius 1 is 1.43 bits per heavy atom. The fraction of sp³-hybridized carbons (Fsp3) is 0.111. The van der Waals surface area contributed by atoms with Crippen molar-refractivity contribution in [2.45, 2.75) is 0 Å². The highest BCUT2D eigenvalue weighted by atomic mass is 32.1. The first-order valence-corrected chi connectivity index (χ1v) is 4.70. The molecule has 0 atom stereocenters. The maximum absolute atomic E-state index is 12.8. The van der Waals surface area contributed by atoms with Crippen molar-refractivity contribution in [1.82, 2.24) is 9.36 Å². The van der Waals surface area contributed by atoms with Gasteiger partial charge >= 0.3 is 0 Å². The zero-order valence-corrected chi connectivity index (χ0v) is 8.21. The van der Waals surface area contributed by atoms with Gasteiger partial charge in [0, 0.05) is 6.07 Å². The molecule has 0 aliphatic rings. The van der Waals surface area contributed by atoms with E-state index in [0.717, 1.165) is 4.88 Å². The van der Waals surface area contributed by atoms with Gasteiger partial charge in [-0.25, -0.2) is 4.98 Å². The Bertz CT molecular complexity index is 444. The first kappa shape index (κ1) is 9.08. The highest BCUT2D eigenvalue weighted by molar-refractivity contribution is 7.09. The smallest absolute Gasteiger partial charge is 0.225 e. The standard InChI is InChI=1S/C9H7FN2OS/c1-13-9-5-7(14-12-9)6-3-2-4-8(10)11-6/h2-5H,1H3. The van der Waals surface area contributed by atoms with Gasteiger partial charge in [0.05, 0.1) is 17.7 Å². The van der Waals surface area contributed by atoms with Gasteiger partial charge in [-0.2, -0.15) is 8.76 Å². The number of hydrogen-bond acceptors (Lipinski definition) is 4. The monoisotopic (exact) mass is 210 g/mol. The van der Waals surface area contributed by atoms with Crippen molar-refractivity contribution >= 4 is 11.5 Å². The van der Waals surface area contributed by atoms with E-state index in [4.69, 9.17) is 4.74 Å². The lowest BCUT2D eigenvalue weighted by atomic mass is 10.3. The number of ether oxygens (including phenoxy) is 1. The van der Waals surface area contributed by atoms with Crippen molar-refractivity contribution in [1.29, 1.82) is 0 Å². The van der Waals surface area contributed by atoms with Crippen LogP contribution in [0.5, 0.6) is 5.88 Å². The number of nitrogens with zero attached hydrogens (tertiary/aromatic N) is 2. The number of pyridine rings is 1. The predicted octanol–water partition coefficient (Wildman–Crippen LogP) is 2.35. The number of methoxy groups -OCH3 is 1. The Kier molecular flexibility index (Phi) is 2.41. The Morgan fingerprint density at radius 2 is 2.29 bits per heavy atom. The summed E-state index contributed by atoms with van der Waals surface area (Å²) in [5.74, 6) is 0.0333. The molecule has 0 saturated heterocycles. The van der Waals surface area contributed by atoms with Gasteiger partial charge in [-0.15, -0.1) is 0 Å². The fourth-order valence-corrected chi connectivity index (χ4v) is 1.70. The molecule has 0 aliphatic carbocycles. The largest absolute Gasteiger partial charge is 0.480 e. The molecule has 5 heteroatoms. The Hall–Kier alpha value is -1.49. The van der Waals surface area contributed by atoms with Gasteiger partial charge in [-0.3, -0.25) is 0 Å². The summed E-state index contributed by atoms with van der Waals surface area (Å²) in [6, 6.07) is 6.38. The molecule has 0 bridgehead atoms. The predicted molar refractivity (Wildman–Crippen MR) is 51.9 cm³/mol. The molecule has 0 aromatic carbocycles. The molecule has 3 nitrogen and oxygen atoms in total.